The van der Waals surface area contributed by atoms with Gasteiger partial charge in [0, 0.05) is 5.56 Å². The van der Waals surface area contributed by atoms with E-state index in [1.54, 1.807) is 42.5 Å². The number of rotatable bonds is 5. The molecular formula is C22H12Cl4FNO. The molecule has 0 radical (unpaired) electrons. The van der Waals surface area contributed by atoms with E-state index in [-0.39, 0.29) is 27.8 Å². The van der Waals surface area contributed by atoms with Crippen molar-refractivity contribution < 1.29 is 9.13 Å². The molecule has 0 saturated heterocycles. The fourth-order valence-corrected chi connectivity index (χ4v) is 3.54. The van der Waals surface area contributed by atoms with Gasteiger partial charge in [-0.1, -0.05) is 70.7 Å². The Balaban J connectivity index is 1.86. The second-order valence-electron chi connectivity index (χ2n) is 6.00. The minimum absolute atomic E-state index is 0.153. The van der Waals surface area contributed by atoms with E-state index in [0.29, 0.717) is 21.4 Å². The quantitative estimate of drug-likeness (QED) is 0.281. The average molecular weight is 467 g/mol. The lowest BCUT2D eigenvalue weighted by molar-refractivity contribution is 0.306. The Labute approximate surface area is 187 Å². The molecule has 0 aliphatic carbocycles. The molecular weight excluding hydrogens is 455 g/mol. The second kappa shape index (κ2) is 9.52. The van der Waals surface area contributed by atoms with Crippen molar-refractivity contribution in [3.05, 3.63) is 97.2 Å². The molecule has 3 aromatic rings. The molecule has 0 amide bonds. The maximum absolute atomic E-state index is 14.0. The van der Waals surface area contributed by atoms with Crippen LogP contribution in [0.25, 0.3) is 11.6 Å². The summed E-state index contributed by atoms with van der Waals surface area (Å²) in [5, 5.41) is 10.8. The van der Waals surface area contributed by atoms with Gasteiger partial charge in [0.05, 0.1) is 31.7 Å². The molecule has 0 aromatic heterocycles. The molecule has 3 aromatic carbocycles. The molecule has 3 rings (SSSR count). The molecule has 29 heavy (non-hydrogen) atoms. The first kappa shape index (κ1) is 21.5. The highest BCUT2D eigenvalue weighted by atomic mass is 35.5. The number of allylic oxidation sites excluding steroid dienone is 1. The van der Waals surface area contributed by atoms with Crippen molar-refractivity contribution in [3.63, 3.8) is 0 Å². The van der Waals surface area contributed by atoms with E-state index in [0.717, 1.165) is 5.56 Å². The highest BCUT2D eigenvalue weighted by molar-refractivity contribution is 6.42. The first-order valence-electron chi connectivity index (χ1n) is 8.31. The lowest BCUT2D eigenvalue weighted by Gasteiger charge is -2.12. The molecule has 0 atom stereocenters. The van der Waals surface area contributed by atoms with E-state index >= 15 is 0 Å². The van der Waals surface area contributed by atoms with E-state index in [1.807, 2.05) is 6.07 Å². The predicted molar refractivity (Wildman–Crippen MR) is 117 cm³/mol. The zero-order valence-electron chi connectivity index (χ0n) is 14.7. The fourth-order valence-electron chi connectivity index (χ4n) is 2.60. The first-order chi connectivity index (χ1) is 13.9. The van der Waals surface area contributed by atoms with Gasteiger partial charge >= 0.3 is 0 Å². The van der Waals surface area contributed by atoms with Crippen LogP contribution in [-0.4, -0.2) is 0 Å². The summed E-state index contributed by atoms with van der Waals surface area (Å²) in [5.41, 5.74) is 1.69. The second-order valence-corrected chi connectivity index (χ2v) is 7.63. The Kier molecular flexibility index (Phi) is 7.05. The van der Waals surface area contributed by atoms with Crippen molar-refractivity contribution in [1.29, 1.82) is 5.26 Å². The number of nitriles is 1. The van der Waals surface area contributed by atoms with Crippen molar-refractivity contribution in [2.24, 2.45) is 0 Å². The van der Waals surface area contributed by atoms with E-state index in [9.17, 15) is 9.65 Å². The lowest BCUT2D eigenvalue weighted by atomic mass is 10.0. The molecule has 0 heterocycles. The smallest absolute Gasteiger partial charge is 0.157 e. The number of hydrogen-bond acceptors (Lipinski definition) is 2. The molecule has 0 aliphatic rings. The van der Waals surface area contributed by atoms with E-state index in [1.165, 1.54) is 18.2 Å². The van der Waals surface area contributed by atoms with E-state index in [4.69, 9.17) is 51.1 Å². The summed E-state index contributed by atoms with van der Waals surface area (Å²) in [6.45, 7) is 0.185. The minimum Gasteiger partial charge on any atom is -0.486 e. The Morgan fingerprint density at radius 3 is 2.24 bits per heavy atom. The van der Waals surface area contributed by atoms with Crippen molar-refractivity contribution in [1.82, 2.24) is 0 Å². The first-order valence-corrected chi connectivity index (χ1v) is 9.82. The molecule has 0 fully saturated rings. The largest absolute Gasteiger partial charge is 0.486 e. The highest BCUT2D eigenvalue weighted by Crippen LogP contribution is 2.36. The Bertz CT molecular complexity index is 1110. The molecule has 0 N–H and O–H groups in total. The van der Waals surface area contributed by atoms with Crippen LogP contribution in [0.3, 0.4) is 0 Å². The SMILES string of the molecule is N#CC(=Cc1cc(Cl)c(OCc2ccc(Cl)c(Cl)c2)c(Cl)c1)c1ccccc1F. The number of halogens is 5. The number of nitrogens with zero attached hydrogens (tertiary/aromatic N) is 1. The van der Waals surface area contributed by atoms with Gasteiger partial charge in [-0.15, -0.1) is 0 Å². The Morgan fingerprint density at radius 2 is 1.62 bits per heavy atom. The van der Waals surface area contributed by atoms with Crippen LogP contribution < -0.4 is 4.74 Å². The zero-order chi connectivity index (χ0) is 21.0. The molecule has 0 saturated carbocycles. The van der Waals surface area contributed by atoms with Gasteiger partial charge in [0.25, 0.3) is 0 Å². The molecule has 7 heteroatoms. The molecule has 146 valence electrons. The Morgan fingerprint density at radius 1 is 0.931 bits per heavy atom. The predicted octanol–water partition coefficient (Wildman–Crippen LogP) is 8.08. The van der Waals surface area contributed by atoms with Crippen LogP contribution in [0.5, 0.6) is 5.75 Å². The van der Waals surface area contributed by atoms with E-state index < -0.39 is 5.82 Å². The number of ether oxygens (including phenoxy) is 1. The summed E-state index contributed by atoms with van der Waals surface area (Å²) in [5.74, 6) is -0.194. The minimum atomic E-state index is -0.487. The maximum atomic E-state index is 14.0. The van der Waals surface area contributed by atoms with Crippen LogP contribution in [0, 0.1) is 17.1 Å². The number of hydrogen-bond donors (Lipinski definition) is 0. The third-order valence-electron chi connectivity index (χ3n) is 3.98. The van der Waals surface area contributed by atoms with Crippen LogP contribution in [0.2, 0.25) is 20.1 Å². The van der Waals surface area contributed by atoms with Gasteiger partial charge < -0.3 is 4.74 Å². The standard InChI is InChI=1S/C22H12Cl4FNO/c23-17-6-5-13(8-18(17)24)12-29-22-19(25)9-14(10-20(22)26)7-15(11-28)16-3-1-2-4-21(16)27/h1-10H,12H2. The van der Waals surface area contributed by atoms with Crippen molar-refractivity contribution in [2.75, 3.05) is 0 Å². The normalized spacial score (nSPS) is 11.2. The fraction of sp³-hybridized carbons (Fsp3) is 0.0455. The summed E-state index contributed by atoms with van der Waals surface area (Å²) >= 11 is 24.5. The van der Waals surface area contributed by atoms with Crippen LogP contribution in [0.1, 0.15) is 16.7 Å². The molecule has 0 aliphatic heterocycles. The van der Waals surface area contributed by atoms with Gasteiger partial charge in [0.1, 0.15) is 12.4 Å². The van der Waals surface area contributed by atoms with Gasteiger partial charge in [-0.3, -0.25) is 0 Å². The van der Waals surface area contributed by atoms with Gasteiger partial charge in [0.2, 0.25) is 0 Å². The summed E-state index contributed by atoms with van der Waals surface area (Å²) in [4.78, 5) is 0. The van der Waals surface area contributed by atoms with Gasteiger partial charge in [0.15, 0.2) is 5.75 Å². The zero-order valence-corrected chi connectivity index (χ0v) is 17.7. The maximum Gasteiger partial charge on any atom is 0.157 e. The molecule has 0 spiro atoms. The summed E-state index contributed by atoms with van der Waals surface area (Å²) in [6, 6.07) is 16.4. The number of benzene rings is 3. The summed E-state index contributed by atoms with van der Waals surface area (Å²) in [7, 11) is 0. The topological polar surface area (TPSA) is 33.0 Å². The van der Waals surface area contributed by atoms with Crippen LogP contribution in [-0.2, 0) is 6.61 Å². The third kappa shape index (κ3) is 5.23. The van der Waals surface area contributed by atoms with Crippen molar-refractivity contribution in [2.45, 2.75) is 6.61 Å². The lowest BCUT2D eigenvalue weighted by Crippen LogP contribution is -1.97. The summed E-state index contributed by atoms with van der Waals surface area (Å²) < 4.78 is 19.7. The van der Waals surface area contributed by atoms with Crippen LogP contribution in [0.4, 0.5) is 4.39 Å². The Hall–Kier alpha value is -2.22. The third-order valence-corrected chi connectivity index (χ3v) is 5.28. The van der Waals surface area contributed by atoms with Crippen LogP contribution in [0.15, 0.2) is 54.6 Å². The van der Waals surface area contributed by atoms with Gasteiger partial charge in [-0.05, 0) is 47.5 Å². The molecule has 0 bridgehead atoms. The van der Waals surface area contributed by atoms with Crippen molar-refractivity contribution in [3.8, 4) is 11.8 Å². The molecule has 0 unspecified atom stereocenters. The van der Waals surface area contributed by atoms with Crippen LogP contribution >= 0.6 is 46.4 Å². The van der Waals surface area contributed by atoms with E-state index in [2.05, 4.69) is 0 Å². The average Bonchev–Trinajstić information content (AvgIpc) is 2.69. The highest BCUT2D eigenvalue weighted by Gasteiger charge is 2.12. The molecule has 2 nitrogen and oxygen atoms in total. The van der Waals surface area contributed by atoms with Crippen molar-refractivity contribution >= 4 is 58.1 Å². The van der Waals surface area contributed by atoms with Gasteiger partial charge in [-0.2, -0.15) is 5.26 Å². The monoisotopic (exact) mass is 465 g/mol. The van der Waals surface area contributed by atoms with Gasteiger partial charge in [-0.25, -0.2) is 4.39 Å². The summed E-state index contributed by atoms with van der Waals surface area (Å²) in [6.07, 6.45) is 1.51.